The maximum Gasteiger partial charge on any atom is 0.408 e. The van der Waals surface area contributed by atoms with E-state index in [9.17, 15) is 35.5 Å². The molecular weight excluding hydrogens is 513 g/mol. The fraction of sp³-hybridized carbons (Fsp3) is 0.522. The molecule has 2 aliphatic rings. The molecule has 0 saturated carbocycles. The predicted octanol–water partition coefficient (Wildman–Crippen LogP) is 3.65. The Morgan fingerprint density at radius 2 is 2.05 bits per heavy atom. The van der Waals surface area contributed by atoms with Crippen LogP contribution in [0.15, 0.2) is 41.9 Å². The minimum Gasteiger partial charge on any atom is -0.496 e. The highest BCUT2D eigenvalue weighted by molar-refractivity contribution is 5.97. The van der Waals surface area contributed by atoms with E-state index in [2.05, 4.69) is 5.32 Å². The van der Waals surface area contributed by atoms with Crippen LogP contribution in [0.2, 0.25) is 0 Å². The number of halogens is 7. The van der Waals surface area contributed by atoms with Gasteiger partial charge in [-0.15, -0.1) is 0 Å². The standard InChI is InChI=1S/C23H27F7N4O3/c1-13(23(28,29)30)34(10-18(24)25)16-5-6-32-20(19(16)31)14-3-4-15(17(9-14)36-2)21(35)33-7-8-37-12-22(26,27)11-33/h3-6,9,13,18,20,32H,7-8,10-12,31H2,1-2H3. The molecule has 14 heteroatoms. The lowest BCUT2D eigenvalue weighted by Gasteiger charge is -2.36. The Kier molecular flexibility index (Phi) is 8.50. The van der Waals surface area contributed by atoms with E-state index in [4.69, 9.17) is 15.2 Å². The SMILES string of the molecule is COc1cc(C2NC=CC(N(CC(F)F)C(C)C(F)(F)F)=C2N)ccc1C(=O)N1CCOCC(F)(F)C1. The number of hydrogen-bond acceptors (Lipinski definition) is 6. The number of nitrogens with one attached hydrogen (secondary N) is 1. The van der Waals surface area contributed by atoms with E-state index in [1.165, 1.54) is 37.6 Å². The Balaban J connectivity index is 1.94. The Labute approximate surface area is 208 Å². The summed E-state index contributed by atoms with van der Waals surface area (Å²) in [5.41, 5.74) is 6.08. The molecular formula is C23H27F7N4O3. The molecule has 2 unspecified atom stereocenters. The highest BCUT2D eigenvalue weighted by Crippen LogP contribution is 2.34. The first-order valence-corrected chi connectivity index (χ1v) is 11.2. The molecule has 0 spiro atoms. The molecule has 1 saturated heterocycles. The van der Waals surface area contributed by atoms with Crippen LogP contribution in [0.3, 0.4) is 0 Å². The van der Waals surface area contributed by atoms with Gasteiger partial charge in [-0.1, -0.05) is 6.07 Å². The molecule has 1 amide bonds. The molecule has 0 aliphatic carbocycles. The smallest absolute Gasteiger partial charge is 0.408 e. The topological polar surface area (TPSA) is 80.1 Å². The lowest BCUT2D eigenvalue weighted by atomic mass is 9.97. The van der Waals surface area contributed by atoms with Crippen LogP contribution in [0.25, 0.3) is 0 Å². The van der Waals surface area contributed by atoms with Gasteiger partial charge in [0.15, 0.2) is 0 Å². The van der Waals surface area contributed by atoms with Crippen molar-refractivity contribution in [3.63, 3.8) is 0 Å². The molecule has 0 radical (unpaired) electrons. The Morgan fingerprint density at radius 3 is 2.68 bits per heavy atom. The zero-order valence-corrected chi connectivity index (χ0v) is 20.0. The van der Waals surface area contributed by atoms with E-state index >= 15 is 0 Å². The third-order valence-electron chi connectivity index (χ3n) is 6.01. The van der Waals surface area contributed by atoms with Crippen molar-refractivity contribution in [2.24, 2.45) is 5.73 Å². The van der Waals surface area contributed by atoms with Crippen LogP contribution in [0.1, 0.15) is 28.9 Å². The predicted molar refractivity (Wildman–Crippen MR) is 119 cm³/mol. The van der Waals surface area contributed by atoms with Crippen LogP contribution in [0, 0.1) is 0 Å². The summed E-state index contributed by atoms with van der Waals surface area (Å²) in [5.74, 6) is -3.95. The van der Waals surface area contributed by atoms with Gasteiger partial charge < -0.3 is 30.3 Å². The van der Waals surface area contributed by atoms with Gasteiger partial charge in [-0.2, -0.15) is 13.2 Å². The monoisotopic (exact) mass is 540 g/mol. The van der Waals surface area contributed by atoms with Gasteiger partial charge in [-0.25, -0.2) is 17.6 Å². The van der Waals surface area contributed by atoms with E-state index in [-0.39, 0.29) is 35.9 Å². The van der Waals surface area contributed by atoms with Crippen molar-refractivity contribution in [2.75, 3.05) is 40.0 Å². The Morgan fingerprint density at radius 1 is 1.35 bits per heavy atom. The number of rotatable bonds is 7. The third kappa shape index (κ3) is 6.59. The fourth-order valence-corrected chi connectivity index (χ4v) is 4.09. The van der Waals surface area contributed by atoms with Crippen LogP contribution in [-0.4, -0.2) is 80.2 Å². The summed E-state index contributed by atoms with van der Waals surface area (Å²) in [6, 6.07) is 0.931. The summed E-state index contributed by atoms with van der Waals surface area (Å²) in [6.07, 6.45) is -5.40. The number of ether oxygens (including phenoxy) is 2. The van der Waals surface area contributed by atoms with Gasteiger partial charge in [0.05, 0.1) is 49.8 Å². The van der Waals surface area contributed by atoms with Crippen molar-refractivity contribution < 1.29 is 45.0 Å². The van der Waals surface area contributed by atoms with Crippen molar-refractivity contribution in [3.05, 3.63) is 53.0 Å². The summed E-state index contributed by atoms with van der Waals surface area (Å²) in [6.45, 7) is -2.23. The van der Waals surface area contributed by atoms with Crippen molar-refractivity contribution >= 4 is 5.91 Å². The molecule has 1 aromatic carbocycles. The van der Waals surface area contributed by atoms with Crippen LogP contribution in [0.4, 0.5) is 30.7 Å². The first kappa shape index (κ1) is 28.4. The van der Waals surface area contributed by atoms with Crippen LogP contribution >= 0.6 is 0 Å². The second-order valence-electron chi connectivity index (χ2n) is 8.63. The number of alkyl halides is 7. The minimum absolute atomic E-state index is 0.00906. The largest absolute Gasteiger partial charge is 0.496 e. The van der Waals surface area contributed by atoms with Gasteiger partial charge in [0.1, 0.15) is 18.4 Å². The van der Waals surface area contributed by atoms with E-state index in [1.54, 1.807) is 0 Å². The first-order valence-electron chi connectivity index (χ1n) is 11.2. The average Bonchev–Trinajstić information content (AvgIpc) is 3.01. The van der Waals surface area contributed by atoms with E-state index in [1.807, 2.05) is 0 Å². The number of nitrogens with two attached hydrogens (primary N) is 1. The summed E-state index contributed by atoms with van der Waals surface area (Å²) >= 11 is 0. The number of allylic oxidation sites excluding steroid dienone is 1. The van der Waals surface area contributed by atoms with Crippen LogP contribution in [0.5, 0.6) is 5.75 Å². The van der Waals surface area contributed by atoms with E-state index in [0.717, 1.165) is 11.8 Å². The summed E-state index contributed by atoms with van der Waals surface area (Å²) in [7, 11) is 1.25. The third-order valence-corrected chi connectivity index (χ3v) is 6.01. The quantitative estimate of drug-likeness (QED) is 0.515. The van der Waals surface area contributed by atoms with E-state index in [0.29, 0.717) is 10.5 Å². The fourth-order valence-electron chi connectivity index (χ4n) is 4.09. The molecule has 3 N–H and O–H groups in total. The molecule has 7 nitrogen and oxygen atoms in total. The second-order valence-corrected chi connectivity index (χ2v) is 8.63. The van der Waals surface area contributed by atoms with Crippen molar-refractivity contribution in [3.8, 4) is 5.75 Å². The Hall–Kier alpha value is -3.16. The highest BCUT2D eigenvalue weighted by atomic mass is 19.4. The summed E-state index contributed by atoms with van der Waals surface area (Å²) in [5, 5.41) is 2.86. The van der Waals surface area contributed by atoms with Crippen molar-refractivity contribution in [1.82, 2.24) is 15.1 Å². The number of hydrogen-bond donors (Lipinski definition) is 2. The highest BCUT2D eigenvalue weighted by Gasteiger charge is 2.43. The first-order chi connectivity index (χ1) is 17.2. The van der Waals surface area contributed by atoms with Gasteiger partial charge in [0, 0.05) is 6.54 Å². The maximum absolute atomic E-state index is 13.9. The van der Waals surface area contributed by atoms with Crippen molar-refractivity contribution in [2.45, 2.75) is 37.5 Å². The van der Waals surface area contributed by atoms with Gasteiger partial charge >= 0.3 is 6.18 Å². The number of nitrogens with zero attached hydrogens (tertiary/aromatic N) is 2. The van der Waals surface area contributed by atoms with E-state index < -0.39 is 56.2 Å². The molecule has 0 aromatic heterocycles. The zero-order chi connectivity index (χ0) is 27.5. The van der Waals surface area contributed by atoms with Crippen LogP contribution < -0.4 is 15.8 Å². The average molecular weight is 540 g/mol. The molecule has 2 aliphatic heterocycles. The van der Waals surface area contributed by atoms with Crippen LogP contribution in [-0.2, 0) is 4.74 Å². The molecule has 1 fully saturated rings. The summed E-state index contributed by atoms with van der Waals surface area (Å²) in [4.78, 5) is 14.4. The summed E-state index contributed by atoms with van der Waals surface area (Å²) < 4.78 is 105. The molecule has 2 atom stereocenters. The molecule has 0 bridgehead atoms. The number of amides is 1. The second kappa shape index (κ2) is 11.1. The van der Waals surface area contributed by atoms with Gasteiger partial charge in [0.2, 0.25) is 0 Å². The molecule has 37 heavy (non-hydrogen) atoms. The number of methoxy groups -OCH3 is 1. The number of benzene rings is 1. The zero-order valence-electron chi connectivity index (χ0n) is 20.0. The lowest BCUT2D eigenvalue weighted by Crippen LogP contribution is -2.47. The number of carbonyl (C=O) groups is 1. The molecule has 206 valence electrons. The van der Waals surface area contributed by atoms with Gasteiger partial charge in [-0.3, -0.25) is 4.79 Å². The Bertz CT molecular complexity index is 1050. The molecule has 3 rings (SSSR count). The number of dihydropyridines is 1. The van der Waals surface area contributed by atoms with Gasteiger partial charge in [-0.05, 0) is 36.9 Å². The lowest BCUT2D eigenvalue weighted by molar-refractivity contribution is -0.176. The molecule has 2 heterocycles. The van der Waals surface area contributed by atoms with Gasteiger partial charge in [0.25, 0.3) is 18.3 Å². The minimum atomic E-state index is -4.79. The number of carbonyl (C=O) groups excluding carboxylic acids is 1. The molecule has 1 aromatic rings. The van der Waals surface area contributed by atoms with Crippen molar-refractivity contribution in [1.29, 1.82) is 0 Å². The normalized spacial score (nSPS) is 20.9. The maximum atomic E-state index is 13.9.